The van der Waals surface area contributed by atoms with Gasteiger partial charge in [-0.2, -0.15) is 0 Å². The number of hydrogen-bond donors (Lipinski definition) is 2. The van der Waals surface area contributed by atoms with Gasteiger partial charge in [0, 0.05) is 33.4 Å². The van der Waals surface area contributed by atoms with E-state index in [9.17, 15) is 13.8 Å². The lowest BCUT2D eigenvalue weighted by Crippen LogP contribution is -2.22. The Hall–Kier alpha value is -1.69. The molecule has 2 aliphatic rings. The van der Waals surface area contributed by atoms with Crippen LogP contribution in [0, 0.1) is 11.8 Å². The average Bonchev–Trinajstić information content (AvgIpc) is 3.13. The van der Waals surface area contributed by atoms with Gasteiger partial charge in [-0.05, 0) is 49.8 Å². The van der Waals surface area contributed by atoms with Crippen molar-refractivity contribution in [3.8, 4) is 0 Å². The molecule has 0 bridgehead atoms. The number of carbonyl (C=O) groups is 2. The number of carboxylic acid groups (broad SMARTS) is 1. The fourth-order valence-corrected chi connectivity index (χ4v) is 5.64. The summed E-state index contributed by atoms with van der Waals surface area (Å²) in [6.07, 6.45) is 7.29. The Morgan fingerprint density at radius 3 is 2.50 bits per heavy atom. The molecule has 1 aromatic rings. The lowest BCUT2D eigenvalue weighted by Gasteiger charge is -2.21. The Labute approximate surface area is 157 Å². The van der Waals surface area contributed by atoms with Gasteiger partial charge in [0.15, 0.2) is 0 Å². The minimum atomic E-state index is -0.868. The van der Waals surface area contributed by atoms with Crippen LogP contribution in [0.1, 0.15) is 56.9 Å². The van der Waals surface area contributed by atoms with E-state index < -0.39 is 22.7 Å². The normalized spacial score (nSPS) is 24.9. The summed E-state index contributed by atoms with van der Waals surface area (Å²) in [5.41, 5.74) is 1.67. The van der Waals surface area contributed by atoms with Crippen LogP contribution < -0.4 is 5.32 Å². The van der Waals surface area contributed by atoms with Crippen molar-refractivity contribution in [2.24, 2.45) is 11.8 Å². The van der Waals surface area contributed by atoms with Gasteiger partial charge in [-0.25, -0.2) is 0 Å². The van der Waals surface area contributed by atoms with E-state index in [1.165, 1.54) is 19.3 Å². The van der Waals surface area contributed by atoms with E-state index >= 15 is 0 Å². The molecule has 2 fully saturated rings. The van der Waals surface area contributed by atoms with Crippen molar-refractivity contribution in [2.75, 3.05) is 5.32 Å². The van der Waals surface area contributed by atoms with Crippen LogP contribution in [0.5, 0.6) is 0 Å². The molecule has 1 unspecified atom stereocenters. The van der Waals surface area contributed by atoms with Crippen LogP contribution >= 0.6 is 0 Å². The molecule has 3 rings (SSSR count). The first-order chi connectivity index (χ1) is 12.5. The van der Waals surface area contributed by atoms with Crippen LogP contribution in [-0.4, -0.2) is 26.4 Å². The molecule has 2 N–H and O–H groups in total. The summed E-state index contributed by atoms with van der Waals surface area (Å²) in [7, 11) is -0.868. The maximum absolute atomic E-state index is 12.6. The van der Waals surface area contributed by atoms with Crippen molar-refractivity contribution < 1.29 is 18.9 Å². The monoisotopic (exact) mass is 377 g/mol. The van der Waals surface area contributed by atoms with Gasteiger partial charge in [0.05, 0.1) is 5.92 Å². The van der Waals surface area contributed by atoms with Crippen molar-refractivity contribution in [3.63, 3.8) is 0 Å². The highest BCUT2D eigenvalue weighted by Gasteiger charge is 2.33. The number of nitrogens with one attached hydrogen (secondary N) is 1. The van der Waals surface area contributed by atoms with Gasteiger partial charge in [-0.15, -0.1) is 0 Å². The predicted octanol–water partition coefficient (Wildman–Crippen LogP) is 3.71. The molecule has 142 valence electrons. The minimum Gasteiger partial charge on any atom is -0.481 e. The number of aliphatic carboxylic acids is 1. The van der Waals surface area contributed by atoms with E-state index in [-0.39, 0.29) is 11.8 Å². The van der Waals surface area contributed by atoms with E-state index in [1.807, 2.05) is 24.3 Å². The highest BCUT2D eigenvalue weighted by atomic mass is 32.2. The summed E-state index contributed by atoms with van der Waals surface area (Å²) in [5.74, 6) is -1.04. The van der Waals surface area contributed by atoms with E-state index in [0.29, 0.717) is 36.0 Å². The van der Waals surface area contributed by atoms with Crippen molar-refractivity contribution in [3.05, 3.63) is 29.8 Å². The molecule has 1 amide bonds. The summed E-state index contributed by atoms with van der Waals surface area (Å²) in [4.78, 5) is 23.4. The first-order valence-electron chi connectivity index (χ1n) is 9.52. The fraction of sp³-hybridized carbons (Fsp3) is 0.600. The SMILES string of the molecule is O=C(O)[C@@H]1CC[C@H](C(=O)Nc2cccc(CS(=O)C3CCCCC3)c2)C1. The van der Waals surface area contributed by atoms with Gasteiger partial charge in [-0.3, -0.25) is 13.8 Å². The summed E-state index contributed by atoms with van der Waals surface area (Å²) >= 11 is 0. The molecule has 0 spiro atoms. The number of amides is 1. The number of benzene rings is 1. The molecule has 3 atom stereocenters. The second-order valence-corrected chi connectivity index (χ2v) is 9.24. The first kappa shape index (κ1) is 19.1. The number of hydrogen-bond acceptors (Lipinski definition) is 3. The molecule has 1 aromatic carbocycles. The third-order valence-corrected chi connectivity index (χ3v) is 7.41. The molecule has 0 heterocycles. The van der Waals surface area contributed by atoms with Gasteiger partial charge >= 0.3 is 5.97 Å². The van der Waals surface area contributed by atoms with E-state index in [2.05, 4.69) is 5.32 Å². The summed E-state index contributed by atoms with van der Waals surface area (Å²) in [6.45, 7) is 0. The smallest absolute Gasteiger partial charge is 0.306 e. The highest BCUT2D eigenvalue weighted by molar-refractivity contribution is 7.84. The molecule has 6 heteroatoms. The largest absolute Gasteiger partial charge is 0.481 e. The second kappa shape index (κ2) is 8.80. The lowest BCUT2D eigenvalue weighted by atomic mass is 10.0. The first-order valence-corrected chi connectivity index (χ1v) is 10.9. The zero-order valence-electron chi connectivity index (χ0n) is 15.0. The molecular weight excluding hydrogens is 350 g/mol. The Bertz CT molecular complexity index is 684. The van der Waals surface area contributed by atoms with Gasteiger partial charge in [0.25, 0.3) is 0 Å². The number of rotatable bonds is 6. The van der Waals surface area contributed by atoms with Crippen molar-refractivity contribution in [1.82, 2.24) is 0 Å². The van der Waals surface area contributed by atoms with Crippen LogP contribution in [0.15, 0.2) is 24.3 Å². The Morgan fingerprint density at radius 2 is 1.81 bits per heavy atom. The molecule has 2 saturated carbocycles. The third-order valence-electron chi connectivity index (χ3n) is 5.58. The molecule has 2 aliphatic carbocycles. The molecular formula is C20H27NO4S. The van der Waals surface area contributed by atoms with Crippen LogP contribution in [-0.2, 0) is 26.1 Å². The van der Waals surface area contributed by atoms with Crippen LogP contribution in [0.4, 0.5) is 5.69 Å². The maximum atomic E-state index is 12.6. The van der Waals surface area contributed by atoms with E-state index in [4.69, 9.17) is 5.11 Å². The van der Waals surface area contributed by atoms with Crippen LogP contribution in [0.25, 0.3) is 0 Å². The molecule has 26 heavy (non-hydrogen) atoms. The molecule has 5 nitrogen and oxygen atoms in total. The Morgan fingerprint density at radius 1 is 1.08 bits per heavy atom. The highest BCUT2D eigenvalue weighted by Crippen LogP contribution is 2.32. The van der Waals surface area contributed by atoms with E-state index in [1.54, 1.807) is 0 Å². The predicted molar refractivity (Wildman–Crippen MR) is 102 cm³/mol. The molecule has 0 radical (unpaired) electrons. The van der Waals surface area contributed by atoms with Crippen LogP contribution in [0.2, 0.25) is 0 Å². The minimum absolute atomic E-state index is 0.112. The Balaban J connectivity index is 1.56. The van der Waals surface area contributed by atoms with Crippen molar-refractivity contribution in [2.45, 2.75) is 62.4 Å². The zero-order chi connectivity index (χ0) is 18.5. The van der Waals surface area contributed by atoms with E-state index in [0.717, 1.165) is 18.4 Å². The summed E-state index contributed by atoms with van der Waals surface area (Å²) < 4.78 is 12.6. The van der Waals surface area contributed by atoms with Gasteiger partial charge < -0.3 is 10.4 Å². The molecule has 0 aromatic heterocycles. The summed E-state index contributed by atoms with van der Waals surface area (Å²) in [6, 6.07) is 7.54. The molecule has 0 aliphatic heterocycles. The van der Waals surface area contributed by atoms with Crippen molar-refractivity contribution >= 4 is 28.4 Å². The van der Waals surface area contributed by atoms with Crippen molar-refractivity contribution in [1.29, 1.82) is 0 Å². The molecule has 0 saturated heterocycles. The second-order valence-electron chi connectivity index (χ2n) is 7.52. The number of anilines is 1. The number of carboxylic acids is 1. The van der Waals surface area contributed by atoms with Gasteiger partial charge in [0.2, 0.25) is 5.91 Å². The van der Waals surface area contributed by atoms with Gasteiger partial charge in [-0.1, -0.05) is 31.4 Å². The summed E-state index contributed by atoms with van der Waals surface area (Å²) in [5, 5.41) is 12.3. The maximum Gasteiger partial charge on any atom is 0.306 e. The zero-order valence-corrected chi connectivity index (χ0v) is 15.8. The topological polar surface area (TPSA) is 83.5 Å². The van der Waals surface area contributed by atoms with Crippen LogP contribution in [0.3, 0.4) is 0 Å². The average molecular weight is 378 g/mol. The fourth-order valence-electron chi connectivity index (χ4n) is 4.04. The third kappa shape index (κ3) is 4.93. The quantitative estimate of drug-likeness (QED) is 0.792. The number of carbonyl (C=O) groups excluding carboxylic acids is 1. The van der Waals surface area contributed by atoms with Gasteiger partial charge in [0.1, 0.15) is 0 Å². The Kier molecular flexibility index (Phi) is 6.46. The standard InChI is InChI=1S/C20H27NO4S/c22-19(15-9-10-16(12-15)20(23)24)21-17-6-4-5-14(11-17)13-26(25)18-7-2-1-3-8-18/h4-6,11,15-16,18H,1-3,7-10,12-13H2,(H,21,22)(H,23,24)/t15-,16+,26?/m0/s1. The lowest BCUT2D eigenvalue weighted by molar-refractivity contribution is -0.141.